The van der Waals surface area contributed by atoms with Gasteiger partial charge in [-0.15, -0.1) is 10.2 Å². The number of amides is 1. The maximum Gasteiger partial charge on any atom is 0.242 e. The first-order valence-corrected chi connectivity index (χ1v) is 13.1. The molecule has 1 amide bonds. The number of rotatable bonds is 4. The Labute approximate surface area is 220 Å². The lowest BCUT2D eigenvalue weighted by Gasteiger charge is -2.60. The van der Waals surface area contributed by atoms with E-state index in [4.69, 9.17) is 11.6 Å². The Morgan fingerprint density at radius 3 is 2.49 bits per heavy atom. The molecule has 1 aliphatic carbocycles. The van der Waals surface area contributed by atoms with Crippen LogP contribution in [-0.4, -0.2) is 86.3 Å². The number of carbonyl (C=O) groups excluding carboxylic acids is 1. The van der Waals surface area contributed by atoms with Gasteiger partial charge in [-0.05, 0) is 49.6 Å². The van der Waals surface area contributed by atoms with Crippen molar-refractivity contribution in [2.75, 3.05) is 50.1 Å². The fourth-order valence-electron chi connectivity index (χ4n) is 6.34. The molecule has 37 heavy (non-hydrogen) atoms. The van der Waals surface area contributed by atoms with Crippen LogP contribution in [0, 0.1) is 12.3 Å². The summed E-state index contributed by atoms with van der Waals surface area (Å²) in [5, 5.41) is 10.00. The third kappa shape index (κ3) is 3.53. The topological polar surface area (TPSA) is 86.5 Å². The van der Waals surface area contributed by atoms with Gasteiger partial charge in [0.2, 0.25) is 11.9 Å². The number of benzene rings is 1. The van der Waals surface area contributed by atoms with Crippen molar-refractivity contribution in [2.24, 2.45) is 5.41 Å². The fraction of sp³-hybridized carbons (Fsp3) is 0.500. The molecule has 0 bridgehead atoms. The lowest BCUT2D eigenvalue weighted by atomic mass is 9.73. The van der Waals surface area contributed by atoms with E-state index in [-0.39, 0.29) is 11.3 Å². The molecule has 0 N–H and O–H groups in total. The van der Waals surface area contributed by atoms with E-state index >= 15 is 0 Å². The molecule has 3 fully saturated rings. The van der Waals surface area contributed by atoms with Crippen molar-refractivity contribution in [3.63, 3.8) is 0 Å². The highest BCUT2D eigenvalue weighted by molar-refractivity contribution is 6.30. The highest BCUT2D eigenvalue weighted by Gasteiger charge is 2.57. The maximum absolute atomic E-state index is 13.2. The molecule has 5 heterocycles. The molecule has 1 saturated carbocycles. The van der Waals surface area contributed by atoms with Gasteiger partial charge in [-0.3, -0.25) is 14.3 Å². The highest BCUT2D eigenvalue weighted by atomic mass is 35.5. The Hall–Kier alpha value is -3.24. The summed E-state index contributed by atoms with van der Waals surface area (Å²) < 4.78 is 2.18. The molecule has 0 atom stereocenters. The molecule has 0 radical (unpaired) electrons. The van der Waals surface area contributed by atoms with E-state index in [1.165, 1.54) is 0 Å². The second kappa shape index (κ2) is 7.88. The number of hydrogen-bond acceptors (Lipinski definition) is 8. The van der Waals surface area contributed by atoms with Crippen LogP contribution in [0.1, 0.15) is 30.1 Å². The second-order valence-electron chi connectivity index (χ2n) is 11.3. The van der Waals surface area contributed by atoms with Crippen molar-refractivity contribution in [1.82, 2.24) is 34.5 Å². The van der Waals surface area contributed by atoms with Gasteiger partial charge < -0.3 is 14.7 Å². The van der Waals surface area contributed by atoms with Crippen LogP contribution in [0.25, 0.3) is 5.69 Å². The Kier molecular flexibility index (Phi) is 4.88. The van der Waals surface area contributed by atoms with Crippen molar-refractivity contribution in [2.45, 2.75) is 38.4 Å². The molecule has 4 aliphatic rings. The Bertz CT molecular complexity index is 1400. The zero-order valence-corrected chi connectivity index (χ0v) is 22.1. The average molecular weight is 520 g/mol. The number of fused-ring (bicyclic) bond motifs is 3. The molecule has 1 aromatic carbocycles. The SMILES string of the molecule is Cc1nccc(N2CC3(C2)CN(c2nnc4n2-c2ccc(Cl)cc2CN(C2(C(=O)N(C)C)CC2)C4)C3)n1. The number of anilines is 2. The maximum atomic E-state index is 13.2. The van der Waals surface area contributed by atoms with Crippen molar-refractivity contribution in [1.29, 1.82) is 0 Å². The number of aromatic nitrogens is 5. The summed E-state index contributed by atoms with van der Waals surface area (Å²) in [6, 6.07) is 7.98. The molecule has 192 valence electrons. The normalized spacial score (nSPS) is 21.0. The van der Waals surface area contributed by atoms with Gasteiger partial charge in [-0.1, -0.05) is 11.6 Å². The summed E-state index contributed by atoms with van der Waals surface area (Å²) in [5.41, 5.74) is 1.91. The van der Waals surface area contributed by atoms with E-state index in [1.54, 1.807) is 4.90 Å². The van der Waals surface area contributed by atoms with E-state index in [9.17, 15) is 4.79 Å². The molecule has 2 saturated heterocycles. The van der Waals surface area contributed by atoms with Crippen molar-refractivity contribution >= 4 is 29.3 Å². The Balaban J connectivity index is 1.16. The molecular weight excluding hydrogens is 490 g/mol. The molecule has 1 spiro atoms. The summed E-state index contributed by atoms with van der Waals surface area (Å²) in [4.78, 5) is 30.6. The van der Waals surface area contributed by atoms with E-state index in [0.717, 1.165) is 73.7 Å². The smallest absolute Gasteiger partial charge is 0.242 e. The van der Waals surface area contributed by atoms with E-state index in [2.05, 4.69) is 45.5 Å². The third-order valence-corrected chi connectivity index (χ3v) is 8.53. The molecule has 3 aliphatic heterocycles. The molecule has 10 nitrogen and oxygen atoms in total. The minimum absolute atomic E-state index is 0.155. The highest BCUT2D eigenvalue weighted by Crippen LogP contribution is 2.47. The van der Waals surface area contributed by atoms with Crippen molar-refractivity contribution in [3.05, 3.63) is 52.7 Å². The van der Waals surface area contributed by atoms with Gasteiger partial charge in [0.1, 0.15) is 17.2 Å². The van der Waals surface area contributed by atoms with E-state index in [0.29, 0.717) is 18.1 Å². The third-order valence-electron chi connectivity index (χ3n) is 8.30. The first-order chi connectivity index (χ1) is 17.8. The summed E-state index contributed by atoms with van der Waals surface area (Å²) in [6.45, 7) is 6.97. The zero-order valence-electron chi connectivity index (χ0n) is 21.4. The van der Waals surface area contributed by atoms with Gasteiger partial charge in [0.15, 0.2) is 5.82 Å². The van der Waals surface area contributed by atoms with Crippen LogP contribution in [0.15, 0.2) is 30.5 Å². The quantitative estimate of drug-likeness (QED) is 0.519. The van der Waals surface area contributed by atoms with Crippen LogP contribution in [0.3, 0.4) is 0 Å². The zero-order chi connectivity index (χ0) is 25.5. The lowest BCUT2D eigenvalue weighted by molar-refractivity contribution is -0.136. The predicted molar refractivity (Wildman–Crippen MR) is 140 cm³/mol. The first kappa shape index (κ1) is 22.9. The lowest BCUT2D eigenvalue weighted by Crippen LogP contribution is -2.73. The number of likely N-dealkylation sites (N-methyl/N-ethyl adjacent to an activating group) is 1. The Morgan fingerprint density at radius 1 is 1.03 bits per heavy atom. The molecule has 7 rings (SSSR count). The first-order valence-electron chi connectivity index (χ1n) is 12.8. The van der Waals surface area contributed by atoms with E-state index < -0.39 is 5.54 Å². The van der Waals surface area contributed by atoms with Gasteiger partial charge >= 0.3 is 0 Å². The minimum Gasteiger partial charge on any atom is -0.355 e. The van der Waals surface area contributed by atoms with Crippen LogP contribution in [0.4, 0.5) is 11.8 Å². The summed E-state index contributed by atoms with van der Waals surface area (Å²) in [6.07, 6.45) is 3.54. The number of carbonyl (C=O) groups is 1. The molecule has 11 heteroatoms. The van der Waals surface area contributed by atoms with Gasteiger partial charge in [0, 0.05) is 63.5 Å². The number of aryl methyl sites for hydroxylation is 1. The van der Waals surface area contributed by atoms with Crippen LogP contribution in [0.5, 0.6) is 0 Å². The second-order valence-corrected chi connectivity index (χ2v) is 11.7. The fourth-order valence-corrected chi connectivity index (χ4v) is 6.54. The standard InChI is InChI=1S/C26H30ClN9O/c1-17-28-9-6-21(29-17)33-13-25(14-33)15-34(16-25)24-31-30-22-12-35(26(7-8-26)23(37)32(2)3)11-18-10-19(27)4-5-20(18)36(22)24/h4-6,9-10H,7-8,11-16H2,1-3H3. The largest absolute Gasteiger partial charge is 0.355 e. The number of hydrogen-bond donors (Lipinski definition) is 0. The van der Waals surface area contributed by atoms with Crippen molar-refractivity contribution in [3.8, 4) is 5.69 Å². The monoisotopic (exact) mass is 519 g/mol. The average Bonchev–Trinajstić information content (AvgIpc) is 3.55. The van der Waals surface area contributed by atoms with Gasteiger partial charge in [-0.25, -0.2) is 9.97 Å². The van der Waals surface area contributed by atoms with Crippen LogP contribution in [0.2, 0.25) is 5.02 Å². The van der Waals surface area contributed by atoms with Gasteiger partial charge in [-0.2, -0.15) is 0 Å². The van der Waals surface area contributed by atoms with Crippen LogP contribution < -0.4 is 9.80 Å². The molecule has 3 aromatic rings. The van der Waals surface area contributed by atoms with Crippen LogP contribution >= 0.6 is 11.6 Å². The van der Waals surface area contributed by atoms with Gasteiger partial charge in [0.05, 0.1) is 12.2 Å². The molecule has 0 unspecified atom stereocenters. The summed E-state index contributed by atoms with van der Waals surface area (Å²) in [7, 11) is 3.66. The van der Waals surface area contributed by atoms with Crippen LogP contribution in [-0.2, 0) is 17.9 Å². The van der Waals surface area contributed by atoms with E-state index in [1.807, 2.05) is 45.4 Å². The summed E-state index contributed by atoms with van der Waals surface area (Å²) in [5.74, 6) is 3.68. The molecular formula is C26H30ClN9O. The Morgan fingerprint density at radius 2 is 1.78 bits per heavy atom. The number of nitrogens with zero attached hydrogens (tertiary/aromatic N) is 9. The molecule has 2 aromatic heterocycles. The summed E-state index contributed by atoms with van der Waals surface area (Å²) >= 11 is 6.44. The van der Waals surface area contributed by atoms with Gasteiger partial charge in [0.25, 0.3) is 0 Å². The minimum atomic E-state index is -0.472. The number of halogens is 1. The van der Waals surface area contributed by atoms with Crippen molar-refractivity contribution < 1.29 is 4.79 Å². The predicted octanol–water partition coefficient (Wildman–Crippen LogP) is 2.28.